The summed E-state index contributed by atoms with van der Waals surface area (Å²) in [5, 5.41) is 25.4. The van der Waals surface area contributed by atoms with Crippen LogP contribution in [0.25, 0.3) is 10.9 Å². The van der Waals surface area contributed by atoms with E-state index in [1.54, 1.807) is 12.1 Å². The molecule has 3 aromatic carbocycles. The average Bonchev–Trinajstić information content (AvgIpc) is 3.47. The van der Waals surface area contributed by atoms with Gasteiger partial charge >= 0.3 is 6.18 Å². The zero-order chi connectivity index (χ0) is 28.5. The van der Waals surface area contributed by atoms with Crippen LogP contribution in [0.1, 0.15) is 28.7 Å². The zero-order valence-corrected chi connectivity index (χ0v) is 22.1. The highest BCUT2D eigenvalue weighted by molar-refractivity contribution is 5.83. The number of nitro benzene ring substituents is 1. The van der Waals surface area contributed by atoms with Gasteiger partial charge < -0.3 is 15.0 Å². The molecule has 7 nitrogen and oxygen atoms in total. The number of anilines is 1. The van der Waals surface area contributed by atoms with Gasteiger partial charge in [-0.15, -0.1) is 0 Å². The second-order valence-electron chi connectivity index (χ2n) is 10.7. The monoisotopic (exact) mass is 552 g/mol. The van der Waals surface area contributed by atoms with Crippen LogP contribution in [-0.4, -0.2) is 39.1 Å². The van der Waals surface area contributed by atoms with Crippen LogP contribution >= 0.6 is 0 Å². The molecule has 0 saturated carbocycles. The van der Waals surface area contributed by atoms with E-state index in [2.05, 4.69) is 33.1 Å². The summed E-state index contributed by atoms with van der Waals surface area (Å²) in [5.74, 6) is 0. The van der Waals surface area contributed by atoms with Gasteiger partial charge in [-0.1, -0.05) is 36.4 Å². The van der Waals surface area contributed by atoms with Gasteiger partial charge in [0.25, 0.3) is 5.69 Å². The molecule has 1 unspecified atom stereocenters. The number of hydrogen-bond donors (Lipinski definition) is 2. The Kier molecular flexibility index (Phi) is 7.57. The third-order valence-corrected chi connectivity index (χ3v) is 7.84. The fourth-order valence-electron chi connectivity index (χ4n) is 5.86. The van der Waals surface area contributed by atoms with Gasteiger partial charge in [-0.05, 0) is 54.8 Å². The summed E-state index contributed by atoms with van der Waals surface area (Å²) >= 11 is 0. The lowest BCUT2D eigenvalue weighted by molar-refractivity contribution is -0.385. The molecule has 1 fully saturated rings. The highest BCUT2D eigenvalue weighted by atomic mass is 19.4. The number of hydrogen-bond acceptors (Lipinski definition) is 5. The molecule has 1 aliphatic heterocycles. The smallest absolute Gasteiger partial charge is 0.391 e. The lowest BCUT2D eigenvalue weighted by Crippen LogP contribution is -2.35. The van der Waals surface area contributed by atoms with Crippen molar-refractivity contribution in [1.29, 1.82) is 0 Å². The molecular weight excluding hydrogens is 521 g/mol. The Morgan fingerprint density at radius 3 is 2.62 bits per heavy atom. The topological polar surface area (TPSA) is 83.6 Å². The van der Waals surface area contributed by atoms with Crippen molar-refractivity contribution >= 4 is 22.3 Å². The van der Waals surface area contributed by atoms with Crippen LogP contribution in [0.3, 0.4) is 0 Å². The Morgan fingerprint density at radius 2 is 1.88 bits per heavy atom. The van der Waals surface area contributed by atoms with Crippen molar-refractivity contribution in [1.82, 2.24) is 9.47 Å². The molecule has 1 aromatic heterocycles. The Morgan fingerprint density at radius 1 is 1.07 bits per heavy atom. The van der Waals surface area contributed by atoms with E-state index in [0.717, 1.165) is 24.5 Å². The molecule has 0 radical (unpaired) electrons. The number of aromatic nitrogens is 1. The van der Waals surface area contributed by atoms with Crippen molar-refractivity contribution in [2.45, 2.75) is 32.2 Å². The molecule has 40 heavy (non-hydrogen) atoms. The highest BCUT2D eigenvalue weighted by Gasteiger charge is 2.39. The lowest BCUT2D eigenvalue weighted by atomic mass is 9.80. The number of para-hydroxylation sites is 1. The Balaban J connectivity index is 1.41. The fourth-order valence-corrected chi connectivity index (χ4v) is 5.86. The summed E-state index contributed by atoms with van der Waals surface area (Å²) in [6, 6.07) is 18.3. The molecule has 10 heteroatoms. The van der Waals surface area contributed by atoms with E-state index in [-0.39, 0.29) is 11.3 Å². The van der Waals surface area contributed by atoms with Gasteiger partial charge in [-0.2, -0.15) is 13.2 Å². The number of aryl methyl sites for hydroxylation is 1. The van der Waals surface area contributed by atoms with Gasteiger partial charge in [0.05, 0.1) is 22.7 Å². The number of nitrogens with zero attached hydrogens (tertiary/aromatic N) is 3. The minimum atomic E-state index is -4.43. The number of nitrogens with one attached hydrogen (secondary N) is 1. The van der Waals surface area contributed by atoms with E-state index in [4.69, 9.17) is 0 Å². The summed E-state index contributed by atoms with van der Waals surface area (Å²) in [4.78, 5) is 13.3. The minimum Gasteiger partial charge on any atom is -0.391 e. The van der Waals surface area contributed by atoms with Crippen LogP contribution < -0.4 is 5.32 Å². The number of halogens is 3. The fraction of sp³-hybridized carbons (Fsp3) is 0.333. The van der Waals surface area contributed by atoms with Crippen molar-refractivity contribution in [3.63, 3.8) is 0 Å². The molecule has 2 heterocycles. The summed E-state index contributed by atoms with van der Waals surface area (Å²) in [5.41, 5.74) is 2.43. The predicted molar refractivity (Wildman–Crippen MR) is 148 cm³/mol. The molecule has 210 valence electrons. The third-order valence-electron chi connectivity index (χ3n) is 7.84. The second kappa shape index (κ2) is 10.9. The molecule has 2 N–H and O–H groups in total. The SMILES string of the molecule is Cn1cc(CN2CCC(CNc3ccc(CO)c([N+](=O)[O-])c3)(Cc3cccc(C(F)(F)F)c3)C2)c2ccccc21. The number of likely N-dealkylation sites (tertiary alicyclic amines) is 1. The van der Waals surface area contributed by atoms with E-state index in [0.29, 0.717) is 37.3 Å². The lowest BCUT2D eigenvalue weighted by Gasteiger charge is -2.31. The minimum absolute atomic E-state index is 0.177. The number of aliphatic hydroxyl groups is 1. The summed E-state index contributed by atoms with van der Waals surface area (Å²) < 4.78 is 42.4. The largest absolute Gasteiger partial charge is 0.416 e. The van der Waals surface area contributed by atoms with Crippen LogP contribution in [0.5, 0.6) is 0 Å². The molecule has 4 aromatic rings. The zero-order valence-electron chi connectivity index (χ0n) is 22.1. The molecule has 0 spiro atoms. The molecule has 0 aliphatic carbocycles. The first-order valence-corrected chi connectivity index (χ1v) is 13.1. The van der Waals surface area contributed by atoms with Crippen LogP contribution in [0, 0.1) is 15.5 Å². The number of benzene rings is 3. The number of aliphatic hydroxyl groups excluding tert-OH is 1. The number of rotatable bonds is 9. The first kappa shape index (κ1) is 27.7. The maximum Gasteiger partial charge on any atom is 0.416 e. The first-order chi connectivity index (χ1) is 19.1. The molecule has 1 aliphatic rings. The van der Waals surface area contributed by atoms with Crippen molar-refractivity contribution in [2.24, 2.45) is 12.5 Å². The van der Waals surface area contributed by atoms with Crippen molar-refractivity contribution in [3.05, 3.63) is 105 Å². The third kappa shape index (κ3) is 5.83. The number of alkyl halides is 3. The van der Waals surface area contributed by atoms with Crippen LogP contribution in [-0.2, 0) is 32.8 Å². The van der Waals surface area contributed by atoms with Gasteiger partial charge in [0.1, 0.15) is 0 Å². The van der Waals surface area contributed by atoms with E-state index in [1.807, 2.05) is 19.2 Å². The van der Waals surface area contributed by atoms with Crippen molar-refractivity contribution in [3.8, 4) is 0 Å². The standard InChI is InChI=1S/C30H31F3N4O3/c1-35-16-23(26-7-2-3-8-27(26)35)17-36-12-11-29(20-36,15-21-5-4-6-24(13-21)30(31,32)33)19-34-25-10-9-22(18-38)28(14-25)37(39)40/h2-10,13-14,16,34,38H,11-12,15,17-20H2,1H3. The molecule has 5 rings (SSSR count). The molecule has 0 bridgehead atoms. The van der Waals surface area contributed by atoms with Gasteiger partial charge in [0.15, 0.2) is 0 Å². The number of fused-ring (bicyclic) bond motifs is 1. The highest BCUT2D eigenvalue weighted by Crippen LogP contribution is 2.38. The Bertz CT molecular complexity index is 1530. The van der Waals surface area contributed by atoms with E-state index < -0.39 is 28.7 Å². The van der Waals surface area contributed by atoms with Crippen LogP contribution in [0.15, 0.2) is 72.9 Å². The predicted octanol–water partition coefficient (Wildman–Crippen LogP) is 6.14. The average molecular weight is 553 g/mol. The van der Waals surface area contributed by atoms with Crippen LogP contribution in [0.2, 0.25) is 0 Å². The quantitative estimate of drug-likeness (QED) is 0.192. The maximum atomic E-state index is 13.4. The van der Waals surface area contributed by atoms with E-state index in [1.165, 1.54) is 35.2 Å². The maximum absolute atomic E-state index is 13.4. The van der Waals surface area contributed by atoms with Crippen LogP contribution in [0.4, 0.5) is 24.5 Å². The molecule has 1 saturated heterocycles. The first-order valence-electron chi connectivity index (χ1n) is 13.1. The van der Waals surface area contributed by atoms with Gasteiger partial charge in [-0.3, -0.25) is 15.0 Å². The van der Waals surface area contributed by atoms with E-state index >= 15 is 0 Å². The van der Waals surface area contributed by atoms with Crippen molar-refractivity contribution < 1.29 is 23.2 Å². The van der Waals surface area contributed by atoms with E-state index in [9.17, 15) is 28.4 Å². The van der Waals surface area contributed by atoms with Gasteiger partial charge in [-0.25, -0.2) is 0 Å². The van der Waals surface area contributed by atoms with Gasteiger partial charge in [0, 0.05) is 61.0 Å². The normalized spacial score (nSPS) is 17.9. The Hall–Kier alpha value is -3.89. The summed E-state index contributed by atoms with van der Waals surface area (Å²) in [6.07, 6.45) is -1.13. The summed E-state index contributed by atoms with van der Waals surface area (Å²) in [7, 11) is 2.01. The molecular formula is C30H31F3N4O3. The second-order valence-corrected chi connectivity index (χ2v) is 10.7. The van der Waals surface area contributed by atoms with Crippen molar-refractivity contribution in [2.75, 3.05) is 25.0 Å². The molecule has 1 atom stereocenters. The summed E-state index contributed by atoms with van der Waals surface area (Å²) in [6.45, 7) is 2.11. The number of nitro groups is 1. The van der Waals surface area contributed by atoms with Gasteiger partial charge in [0.2, 0.25) is 0 Å². The Labute approximate surface area is 230 Å². The molecule has 0 amide bonds.